The van der Waals surface area contributed by atoms with Gasteiger partial charge in [0.15, 0.2) is 5.11 Å². The lowest BCUT2D eigenvalue weighted by molar-refractivity contribution is -0.144. The molecule has 0 spiro atoms. The smallest absolute Gasteiger partial charge is 0.257 e. The van der Waals surface area contributed by atoms with Crippen LogP contribution in [0.1, 0.15) is 48.9 Å². The van der Waals surface area contributed by atoms with Crippen LogP contribution in [-0.4, -0.2) is 16.9 Å². The molecule has 4 N–H and O–H groups in total. The highest BCUT2D eigenvalue weighted by atomic mass is 32.1. The van der Waals surface area contributed by atoms with Crippen LogP contribution in [0, 0.1) is 23.2 Å². The SMILES string of the molecule is O=C(Nc1ccc(Nc2ccccc2)cc1)c1ccccc1NC(=S)NC(=O)C12CC3CC(CC(C3)C1)C2. The van der Waals surface area contributed by atoms with Gasteiger partial charge in [-0.25, -0.2) is 0 Å². The summed E-state index contributed by atoms with van der Waals surface area (Å²) in [6.07, 6.45) is 6.78. The molecule has 3 aromatic rings. The predicted molar refractivity (Wildman–Crippen MR) is 156 cm³/mol. The van der Waals surface area contributed by atoms with Gasteiger partial charge in [0, 0.05) is 17.1 Å². The van der Waals surface area contributed by atoms with E-state index in [1.54, 1.807) is 12.1 Å². The third-order valence-corrected chi connectivity index (χ3v) is 8.58. The van der Waals surface area contributed by atoms with E-state index in [1.807, 2.05) is 66.7 Å². The molecule has 0 aliphatic heterocycles. The number of thiocarbonyl (C=S) groups is 1. The summed E-state index contributed by atoms with van der Waals surface area (Å²) in [5, 5.41) is 12.6. The molecule has 4 aliphatic rings. The Hall–Kier alpha value is -3.71. The first-order chi connectivity index (χ1) is 18.5. The molecule has 0 heterocycles. The van der Waals surface area contributed by atoms with E-state index < -0.39 is 0 Å². The molecule has 4 aliphatic carbocycles. The molecule has 4 saturated carbocycles. The van der Waals surface area contributed by atoms with Crippen LogP contribution in [0.15, 0.2) is 78.9 Å². The molecule has 4 fully saturated rings. The third kappa shape index (κ3) is 5.16. The molecule has 7 heteroatoms. The minimum Gasteiger partial charge on any atom is -0.356 e. The van der Waals surface area contributed by atoms with Gasteiger partial charge < -0.3 is 21.3 Å². The minimum absolute atomic E-state index is 0.0419. The number of amides is 2. The van der Waals surface area contributed by atoms with E-state index in [9.17, 15) is 9.59 Å². The number of carbonyl (C=O) groups is 2. The van der Waals surface area contributed by atoms with Crippen molar-refractivity contribution in [1.29, 1.82) is 0 Å². The number of para-hydroxylation sites is 2. The third-order valence-electron chi connectivity index (χ3n) is 8.37. The summed E-state index contributed by atoms with van der Waals surface area (Å²) < 4.78 is 0. The quantitative estimate of drug-likeness (QED) is 0.269. The maximum atomic E-state index is 13.4. The second-order valence-corrected chi connectivity index (χ2v) is 11.6. The first kappa shape index (κ1) is 24.6. The molecule has 2 amide bonds. The van der Waals surface area contributed by atoms with Crippen LogP contribution < -0.4 is 21.3 Å². The summed E-state index contributed by atoms with van der Waals surface area (Å²) in [5.74, 6) is 1.83. The van der Waals surface area contributed by atoms with Crippen molar-refractivity contribution in [3.8, 4) is 0 Å². The summed E-state index contributed by atoms with van der Waals surface area (Å²) in [4.78, 5) is 26.5. The Labute approximate surface area is 228 Å². The summed E-state index contributed by atoms with van der Waals surface area (Å²) in [6.45, 7) is 0. The van der Waals surface area contributed by atoms with E-state index in [-0.39, 0.29) is 22.3 Å². The van der Waals surface area contributed by atoms with E-state index in [4.69, 9.17) is 12.2 Å². The molecule has 194 valence electrons. The number of nitrogens with one attached hydrogen (secondary N) is 4. The first-order valence-electron chi connectivity index (χ1n) is 13.4. The van der Waals surface area contributed by atoms with E-state index in [0.29, 0.717) is 34.7 Å². The highest BCUT2D eigenvalue weighted by Crippen LogP contribution is 2.60. The molecule has 38 heavy (non-hydrogen) atoms. The van der Waals surface area contributed by atoms with Crippen LogP contribution in [0.25, 0.3) is 0 Å². The van der Waals surface area contributed by atoms with Crippen molar-refractivity contribution in [2.75, 3.05) is 16.0 Å². The Bertz CT molecular complexity index is 1320. The molecule has 7 rings (SSSR count). The zero-order chi connectivity index (χ0) is 26.1. The Morgan fingerprint density at radius 2 is 1.24 bits per heavy atom. The van der Waals surface area contributed by atoms with Gasteiger partial charge >= 0.3 is 0 Å². The fourth-order valence-corrected chi connectivity index (χ4v) is 7.29. The molecule has 0 saturated heterocycles. The maximum absolute atomic E-state index is 13.4. The van der Waals surface area contributed by atoms with Crippen molar-refractivity contribution < 1.29 is 9.59 Å². The molecule has 0 aromatic heterocycles. The standard InChI is InChI=1S/C31H32N4O2S/c36-28(33-25-12-10-24(11-13-25)32-23-6-2-1-3-7-23)26-8-4-5-9-27(26)34-30(38)35-29(37)31-17-20-14-21(18-31)16-22(15-20)19-31/h1-13,20-22,32H,14-19H2,(H,33,36)(H2,34,35,37,38). The fraction of sp³-hybridized carbons (Fsp3) is 0.323. The summed E-state index contributed by atoms with van der Waals surface area (Å²) >= 11 is 5.53. The van der Waals surface area contributed by atoms with Crippen molar-refractivity contribution in [2.45, 2.75) is 38.5 Å². The zero-order valence-electron chi connectivity index (χ0n) is 21.2. The van der Waals surface area contributed by atoms with Crippen molar-refractivity contribution in [1.82, 2.24) is 5.32 Å². The van der Waals surface area contributed by atoms with Gasteiger partial charge in [0.2, 0.25) is 5.91 Å². The number of benzene rings is 3. The van der Waals surface area contributed by atoms with Crippen LogP contribution in [0.3, 0.4) is 0 Å². The van der Waals surface area contributed by atoms with Gasteiger partial charge in [0.05, 0.1) is 16.7 Å². The zero-order valence-corrected chi connectivity index (χ0v) is 22.0. The van der Waals surface area contributed by atoms with Gasteiger partial charge in [-0.15, -0.1) is 0 Å². The lowest BCUT2D eigenvalue weighted by Gasteiger charge is -2.55. The monoisotopic (exact) mass is 524 g/mol. The first-order valence-corrected chi connectivity index (χ1v) is 13.8. The molecular formula is C31H32N4O2S. The molecular weight excluding hydrogens is 492 g/mol. The van der Waals surface area contributed by atoms with Crippen molar-refractivity contribution in [2.24, 2.45) is 23.2 Å². The summed E-state index contributed by atoms with van der Waals surface area (Å²) in [6, 6.07) is 24.7. The summed E-state index contributed by atoms with van der Waals surface area (Å²) in [7, 11) is 0. The second-order valence-electron chi connectivity index (χ2n) is 11.2. The average Bonchev–Trinajstić information content (AvgIpc) is 2.90. The van der Waals surface area contributed by atoms with Gasteiger partial charge in [-0.2, -0.15) is 0 Å². The number of hydrogen-bond acceptors (Lipinski definition) is 4. The molecule has 0 atom stereocenters. The van der Waals surface area contributed by atoms with Gasteiger partial charge in [-0.1, -0.05) is 30.3 Å². The van der Waals surface area contributed by atoms with E-state index in [0.717, 1.165) is 30.6 Å². The van der Waals surface area contributed by atoms with Crippen LogP contribution in [0.4, 0.5) is 22.7 Å². The lowest BCUT2D eigenvalue weighted by Crippen LogP contribution is -2.55. The summed E-state index contributed by atoms with van der Waals surface area (Å²) in [5.41, 5.74) is 3.33. The number of anilines is 4. The lowest BCUT2D eigenvalue weighted by atomic mass is 9.49. The topological polar surface area (TPSA) is 82.3 Å². The van der Waals surface area contributed by atoms with E-state index in [2.05, 4.69) is 21.3 Å². The molecule has 4 bridgehead atoms. The van der Waals surface area contributed by atoms with E-state index in [1.165, 1.54) is 19.3 Å². The maximum Gasteiger partial charge on any atom is 0.257 e. The molecule has 3 aromatic carbocycles. The predicted octanol–water partition coefficient (Wildman–Crippen LogP) is 6.71. The molecule has 0 unspecified atom stereocenters. The highest BCUT2D eigenvalue weighted by Gasteiger charge is 2.54. The highest BCUT2D eigenvalue weighted by molar-refractivity contribution is 7.80. The Balaban J connectivity index is 1.08. The second kappa shape index (κ2) is 10.2. The van der Waals surface area contributed by atoms with Gasteiger partial charge in [0.1, 0.15) is 0 Å². The van der Waals surface area contributed by atoms with Crippen molar-refractivity contribution in [3.63, 3.8) is 0 Å². The van der Waals surface area contributed by atoms with Crippen LogP contribution >= 0.6 is 12.2 Å². The largest absolute Gasteiger partial charge is 0.356 e. The van der Waals surface area contributed by atoms with Gasteiger partial charge in [-0.05, 0) is 117 Å². The Morgan fingerprint density at radius 3 is 1.89 bits per heavy atom. The fourth-order valence-electron chi connectivity index (χ4n) is 7.09. The van der Waals surface area contributed by atoms with E-state index >= 15 is 0 Å². The molecule has 0 radical (unpaired) electrons. The van der Waals surface area contributed by atoms with Crippen LogP contribution in [-0.2, 0) is 4.79 Å². The average molecular weight is 525 g/mol. The van der Waals surface area contributed by atoms with Gasteiger partial charge in [0.25, 0.3) is 5.91 Å². The van der Waals surface area contributed by atoms with Crippen molar-refractivity contribution >= 4 is 51.9 Å². The minimum atomic E-state index is -0.279. The Kier molecular flexibility index (Phi) is 6.62. The molecule has 6 nitrogen and oxygen atoms in total. The van der Waals surface area contributed by atoms with Gasteiger partial charge in [-0.3, -0.25) is 9.59 Å². The van der Waals surface area contributed by atoms with Crippen molar-refractivity contribution in [3.05, 3.63) is 84.4 Å². The normalized spacial score (nSPS) is 24.9. The number of hydrogen-bond donors (Lipinski definition) is 4. The number of rotatable bonds is 6. The Morgan fingerprint density at radius 1 is 0.684 bits per heavy atom. The van der Waals surface area contributed by atoms with Crippen LogP contribution in [0.2, 0.25) is 0 Å². The van der Waals surface area contributed by atoms with Crippen LogP contribution in [0.5, 0.6) is 0 Å². The number of carbonyl (C=O) groups excluding carboxylic acids is 2.